The Kier molecular flexibility index (Phi) is 13.3. The Morgan fingerprint density at radius 3 is 2.15 bits per heavy atom. The number of nitrogens with zero attached hydrogens (tertiary/aromatic N) is 1. The minimum absolute atomic E-state index is 0.0973. The fourth-order valence-electron chi connectivity index (χ4n) is 6.08. The molecule has 0 bridgehead atoms. The Hall–Kier alpha value is -5.38. The summed E-state index contributed by atoms with van der Waals surface area (Å²) in [4.78, 5) is 28.6. The SMILES string of the molecule is CCCCCCCCC(Oc1ccc(CN(C(=O)Oc2ccc(C)cc2)c2cccc3c(O)c(C(=O)Nc4ccccc4C)ccc23)cc1)C(O)O. The first kappa shape index (κ1) is 37.9. The van der Waals surface area contributed by atoms with Crippen LogP contribution in [-0.4, -0.2) is 39.7 Å². The lowest BCUT2D eigenvalue weighted by molar-refractivity contribution is -0.114. The molecule has 5 aromatic rings. The highest BCUT2D eigenvalue weighted by molar-refractivity contribution is 6.12. The van der Waals surface area contributed by atoms with Gasteiger partial charge in [-0.05, 0) is 80.3 Å². The second kappa shape index (κ2) is 18.2. The van der Waals surface area contributed by atoms with Crippen molar-refractivity contribution in [1.29, 1.82) is 0 Å². The molecule has 0 radical (unpaired) electrons. The number of unbranched alkanes of at least 4 members (excludes halogenated alkanes) is 5. The fourth-order valence-corrected chi connectivity index (χ4v) is 6.08. The molecule has 0 saturated heterocycles. The Balaban J connectivity index is 1.39. The number of aliphatic hydroxyl groups excluding tert-OH is 1. The summed E-state index contributed by atoms with van der Waals surface area (Å²) in [5.41, 5.74) is 3.87. The number of fused-ring (bicyclic) bond motifs is 1. The predicted molar refractivity (Wildman–Crippen MR) is 205 cm³/mol. The van der Waals surface area contributed by atoms with E-state index in [1.54, 1.807) is 60.7 Å². The van der Waals surface area contributed by atoms with Gasteiger partial charge in [-0.1, -0.05) is 105 Å². The average molecular weight is 705 g/mol. The molecule has 5 aromatic carbocycles. The van der Waals surface area contributed by atoms with Crippen LogP contribution < -0.4 is 19.7 Å². The number of nitrogens with one attached hydrogen (secondary N) is 1. The van der Waals surface area contributed by atoms with E-state index in [-0.39, 0.29) is 17.9 Å². The quantitative estimate of drug-likeness (QED) is 0.0595. The number of aliphatic hydroxyl groups is 2. The third kappa shape index (κ3) is 9.90. The monoisotopic (exact) mass is 704 g/mol. The summed E-state index contributed by atoms with van der Waals surface area (Å²) in [6.07, 6.45) is 4.01. The van der Waals surface area contributed by atoms with Crippen molar-refractivity contribution >= 4 is 34.1 Å². The number of ether oxygens (including phenoxy) is 2. The van der Waals surface area contributed by atoms with E-state index in [2.05, 4.69) is 12.2 Å². The number of benzene rings is 5. The van der Waals surface area contributed by atoms with Crippen LogP contribution in [0.2, 0.25) is 0 Å². The molecule has 0 heterocycles. The normalized spacial score (nSPS) is 11.7. The van der Waals surface area contributed by atoms with Crippen molar-refractivity contribution in [3.63, 3.8) is 0 Å². The molecule has 9 nitrogen and oxygen atoms in total. The smallest absolute Gasteiger partial charge is 0.420 e. The van der Waals surface area contributed by atoms with E-state index in [0.29, 0.717) is 40.1 Å². The van der Waals surface area contributed by atoms with Crippen LogP contribution >= 0.6 is 0 Å². The van der Waals surface area contributed by atoms with Crippen molar-refractivity contribution in [2.75, 3.05) is 10.2 Å². The number of amides is 2. The van der Waals surface area contributed by atoms with Crippen LogP contribution in [0, 0.1) is 13.8 Å². The number of aromatic hydroxyl groups is 1. The molecule has 0 aromatic heterocycles. The number of hydrogen-bond donors (Lipinski definition) is 4. The number of anilines is 2. The molecular formula is C43H48N2O7. The van der Waals surface area contributed by atoms with Gasteiger partial charge in [-0.25, -0.2) is 4.79 Å². The van der Waals surface area contributed by atoms with Crippen molar-refractivity contribution in [2.45, 2.75) is 84.7 Å². The number of aryl methyl sites for hydroxylation is 2. The molecule has 1 unspecified atom stereocenters. The topological polar surface area (TPSA) is 129 Å². The number of para-hydroxylation sites is 1. The summed E-state index contributed by atoms with van der Waals surface area (Å²) >= 11 is 0. The summed E-state index contributed by atoms with van der Waals surface area (Å²) in [5.74, 6) is 0.190. The minimum atomic E-state index is -1.61. The Morgan fingerprint density at radius 2 is 1.44 bits per heavy atom. The molecule has 52 heavy (non-hydrogen) atoms. The maximum absolute atomic E-state index is 13.9. The first-order valence-electron chi connectivity index (χ1n) is 17.9. The van der Waals surface area contributed by atoms with Crippen LogP contribution in [0.25, 0.3) is 10.8 Å². The highest BCUT2D eigenvalue weighted by atomic mass is 16.6. The Labute approximate surface area is 305 Å². The first-order valence-corrected chi connectivity index (χ1v) is 17.9. The van der Waals surface area contributed by atoms with Crippen LogP contribution in [0.4, 0.5) is 16.2 Å². The van der Waals surface area contributed by atoms with Gasteiger partial charge in [0.15, 0.2) is 6.29 Å². The van der Waals surface area contributed by atoms with Crippen LogP contribution in [-0.2, 0) is 6.54 Å². The standard InChI is InChI=1S/C43H48N2O7/c1-4-5-6-7-8-9-17-39(42(48)49)51-32-24-20-31(21-25-32)28-45(43(50)52-33-22-18-29(2)19-23-33)38-16-12-14-35-34(38)26-27-36(40(35)46)41(47)44-37-15-11-10-13-30(37)3/h10-16,18-27,39,42,46,48-49H,4-9,17,28H2,1-3H3,(H,44,47). The zero-order chi connectivity index (χ0) is 37.0. The molecule has 0 aliphatic rings. The van der Waals surface area contributed by atoms with Gasteiger partial charge >= 0.3 is 6.09 Å². The Bertz CT molecular complexity index is 1940. The van der Waals surface area contributed by atoms with Crippen LogP contribution in [0.15, 0.2) is 103 Å². The summed E-state index contributed by atoms with van der Waals surface area (Å²) in [6, 6.07) is 30.1. The van der Waals surface area contributed by atoms with E-state index >= 15 is 0 Å². The number of carbonyl (C=O) groups is 2. The van der Waals surface area contributed by atoms with Gasteiger partial charge in [0.2, 0.25) is 0 Å². The molecule has 0 fully saturated rings. The third-order valence-corrected chi connectivity index (χ3v) is 9.11. The first-order chi connectivity index (χ1) is 25.1. The minimum Gasteiger partial charge on any atom is -0.506 e. The van der Waals surface area contributed by atoms with Crippen molar-refractivity contribution in [1.82, 2.24) is 0 Å². The molecule has 0 aliphatic heterocycles. The third-order valence-electron chi connectivity index (χ3n) is 9.11. The lowest BCUT2D eigenvalue weighted by Crippen LogP contribution is -2.33. The van der Waals surface area contributed by atoms with E-state index in [0.717, 1.165) is 36.0 Å². The Morgan fingerprint density at radius 1 is 0.750 bits per heavy atom. The largest absolute Gasteiger partial charge is 0.506 e. The molecule has 9 heteroatoms. The number of hydrogen-bond acceptors (Lipinski definition) is 7. The maximum atomic E-state index is 13.9. The zero-order valence-electron chi connectivity index (χ0n) is 30.0. The molecule has 0 aliphatic carbocycles. The lowest BCUT2D eigenvalue weighted by Gasteiger charge is -2.25. The van der Waals surface area contributed by atoms with Crippen LogP contribution in [0.5, 0.6) is 17.2 Å². The van der Waals surface area contributed by atoms with E-state index in [1.807, 2.05) is 56.3 Å². The summed E-state index contributed by atoms with van der Waals surface area (Å²) in [6.45, 7) is 6.11. The van der Waals surface area contributed by atoms with Gasteiger partial charge < -0.3 is 30.1 Å². The number of carbonyl (C=O) groups excluding carboxylic acids is 2. The van der Waals surface area contributed by atoms with Crippen LogP contribution in [0.3, 0.4) is 0 Å². The molecular weight excluding hydrogens is 656 g/mol. The van der Waals surface area contributed by atoms with Crippen molar-refractivity contribution in [3.05, 3.63) is 125 Å². The maximum Gasteiger partial charge on any atom is 0.420 e. The summed E-state index contributed by atoms with van der Waals surface area (Å²) in [7, 11) is 0. The average Bonchev–Trinajstić information content (AvgIpc) is 3.14. The summed E-state index contributed by atoms with van der Waals surface area (Å²) in [5, 5.41) is 35.1. The van der Waals surface area contributed by atoms with Gasteiger partial charge in [0, 0.05) is 16.5 Å². The molecule has 272 valence electrons. The molecule has 2 amide bonds. The van der Waals surface area contributed by atoms with E-state index in [1.165, 1.54) is 24.2 Å². The van der Waals surface area contributed by atoms with Crippen molar-refractivity contribution in [3.8, 4) is 17.2 Å². The van der Waals surface area contributed by atoms with E-state index < -0.39 is 24.4 Å². The lowest BCUT2D eigenvalue weighted by atomic mass is 10.0. The van der Waals surface area contributed by atoms with Crippen molar-refractivity contribution < 1.29 is 34.4 Å². The second-order valence-electron chi connectivity index (χ2n) is 13.1. The van der Waals surface area contributed by atoms with Gasteiger partial charge in [0.05, 0.1) is 17.8 Å². The molecule has 1 atom stereocenters. The molecule has 4 N–H and O–H groups in total. The number of rotatable bonds is 16. The number of phenols is 1. The second-order valence-corrected chi connectivity index (χ2v) is 13.1. The number of phenolic OH excluding ortho intramolecular Hbond substituents is 1. The van der Waals surface area contributed by atoms with Gasteiger partial charge in [-0.2, -0.15) is 0 Å². The van der Waals surface area contributed by atoms with Gasteiger partial charge in [-0.3, -0.25) is 9.69 Å². The highest BCUT2D eigenvalue weighted by Gasteiger charge is 2.24. The molecule has 0 spiro atoms. The van der Waals surface area contributed by atoms with Gasteiger partial charge in [-0.15, -0.1) is 0 Å². The highest BCUT2D eigenvalue weighted by Crippen LogP contribution is 2.36. The van der Waals surface area contributed by atoms with E-state index in [4.69, 9.17) is 9.47 Å². The van der Waals surface area contributed by atoms with Gasteiger partial charge in [0.1, 0.15) is 23.4 Å². The zero-order valence-corrected chi connectivity index (χ0v) is 30.0. The molecule has 0 saturated carbocycles. The van der Waals surface area contributed by atoms with E-state index in [9.17, 15) is 24.9 Å². The fraction of sp³-hybridized carbons (Fsp3) is 0.302. The predicted octanol–water partition coefficient (Wildman–Crippen LogP) is 9.43. The van der Waals surface area contributed by atoms with Crippen molar-refractivity contribution in [2.24, 2.45) is 0 Å². The van der Waals surface area contributed by atoms with Crippen LogP contribution in [0.1, 0.15) is 78.9 Å². The summed E-state index contributed by atoms with van der Waals surface area (Å²) < 4.78 is 11.8. The molecule has 5 rings (SSSR count). The van der Waals surface area contributed by atoms with Gasteiger partial charge in [0.25, 0.3) is 5.91 Å².